The van der Waals surface area contributed by atoms with Crippen LogP contribution in [-0.4, -0.2) is 27.0 Å². The number of carbonyl (C=O) groups excluding carboxylic acids is 1. The Labute approximate surface area is 151 Å². The van der Waals surface area contributed by atoms with Gasteiger partial charge in [-0.1, -0.05) is 0 Å². The molecule has 2 atom stereocenters. The third-order valence-electron chi connectivity index (χ3n) is 3.86. The van der Waals surface area contributed by atoms with Gasteiger partial charge in [0.05, 0.1) is 0 Å². The van der Waals surface area contributed by atoms with Crippen LogP contribution in [0.1, 0.15) is 49.9 Å². The molecule has 0 amide bonds. The first kappa shape index (κ1) is 18.8. The van der Waals surface area contributed by atoms with E-state index in [0.717, 1.165) is 25.7 Å². The van der Waals surface area contributed by atoms with E-state index in [1.54, 1.807) is 0 Å². The predicted molar refractivity (Wildman–Crippen MR) is 101 cm³/mol. The molecule has 0 saturated heterocycles. The molecule has 0 bridgehead atoms. The molecular formula is C21H26O2Se. The number of hydrogen-bond acceptors (Lipinski definition) is 2. The Balaban J connectivity index is 2.10. The zero-order valence-corrected chi connectivity index (χ0v) is 16.2. The summed E-state index contributed by atoms with van der Waals surface area (Å²) >= 11 is 0.314. The molecular weight excluding hydrogens is 363 g/mol. The zero-order chi connectivity index (χ0) is 17.2. The molecule has 0 aliphatic rings. The number of carbonyl (C=O) groups is 1. The molecule has 128 valence electrons. The van der Waals surface area contributed by atoms with Crippen molar-refractivity contribution < 1.29 is 9.53 Å². The van der Waals surface area contributed by atoms with E-state index in [2.05, 4.69) is 38.1 Å². The maximum atomic E-state index is 12.5. The van der Waals surface area contributed by atoms with E-state index in [1.165, 1.54) is 4.46 Å². The van der Waals surface area contributed by atoms with Crippen molar-refractivity contribution in [1.29, 1.82) is 0 Å². The molecule has 0 aromatic heterocycles. The summed E-state index contributed by atoms with van der Waals surface area (Å²) in [6.45, 7) is 4.36. The van der Waals surface area contributed by atoms with E-state index in [1.807, 2.05) is 36.4 Å². The fourth-order valence-corrected chi connectivity index (χ4v) is 5.52. The monoisotopic (exact) mass is 390 g/mol. The number of benzene rings is 2. The molecule has 0 saturated carbocycles. The second-order valence-electron chi connectivity index (χ2n) is 5.86. The van der Waals surface area contributed by atoms with Gasteiger partial charge in [-0.15, -0.1) is 0 Å². The van der Waals surface area contributed by atoms with Crippen LogP contribution in [-0.2, 0) is 4.74 Å². The molecule has 24 heavy (non-hydrogen) atoms. The molecule has 0 aliphatic heterocycles. The molecule has 0 heterocycles. The van der Waals surface area contributed by atoms with E-state index < -0.39 is 0 Å². The molecule has 0 fully saturated rings. The fraction of sp³-hybridized carbons (Fsp3) is 0.381. The summed E-state index contributed by atoms with van der Waals surface area (Å²) in [6.07, 6.45) is 4.17. The van der Waals surface area contributed by atoms with Crippen LogP contribution >= 0.6 is 0 Å². The van der Waals surface area contributed by atoms with E-state index in [4.69, 9.17) is 4.74 Å². The molecule has 0 spiro atoms. The van der Waals surface area contributed by atoms with Crippen LogP contribution in [0.15, 0.2) is 60.7 Å². The van der Waals surface area contributed by atoms with Crippen LogP contribution in [0.2, 0.25) is 4.82 Å². The van der Waals surface area contributed by atoms with Crippen LogP contribution in [0.4, 0.5) is 0 Å². The normalized spacial score (nSPS) is 13.2. The number of rotatable bonds is 9. The zero-order valence-electron chi connectivity index (χ0n) is 14.5. The van der Waals surface area contributed by atoms with Crippen LogP contribution in [0.25, 0.3) is 0 Å². The Hall–Kier alpha value is -1.57. The summed E-state index contributed by atoms with van der Waals surface area (Å²) in [7, 11) is 0. The molecule has 3 heteroatoms. The third-order valence-corrected chi connectivity index (χ3v) is 6.77. The first-order chi connectivity index (χ1) is 11.7. The Morgan fingerprint density at radius 1 is 0.917 bits per heavy atom. The van der Waals surface area contributed by atoms with E-state index in [-0.39, 0.29) is 12.1 Å². The maximum absolute atomic E-state index is 12.5. The summed E-state index contributed by atoms with van der Waals surface area (Å²) < 4.78 is 7.32. The van der Waals surface area contributed by atoms with Crippen molar-refractivity contribution in [1.82, 2.24) is 0 Å². The van der Waals surface area contributed by atoms with Gasteiger partial charge >= 0.3 is 152 Å². The van der Waals surface area contributed by atoms with Gasteiger partial charge in [-0.25, -0.2) is 0 Å². The van der Waals surface area contributed by atoms with Crippen molar-refractivity contribution in [3.63, 3.8) is 0 Å². The van der Waals surface area contributed by atoms with Gasteiger partial charge < -0.3 is 0 Å². The van der Waals surface area contributed by atoms with Crippen LogP contribution in [0, 0.1) is 0 Å². The van der Waals surface area contributed by atoms with Crippen molar-refractivity contribution in [3.8, 4) is 0 Å². The van der Waals surface area contributed by atoms with Crippen molar-refractivity contribution in [2.45, 2.75) is 50.5 Å². The summed E-state index contributed by atoms with van der Waals surface area (Å²) in [5.41, 5.74) is 0.640. The molecule has 2 aromatic carbocycles. The van der Waals surface area contributed by atoms with Gasteiger partial charge in [0.25, 0.3) is 0 Å². The minimum atomic E-state index is -0.195. The summed E-state index contributed by atoms with van der Waals surface area (Å²) in [5, 5.41) is 0. The second-order valence-corrected chi connectivity index (χ2v) is 8.61. The van der Waals surface area contributed by atoms with Gasteiger partial charge in [0, 0.05) is 0 Å². The minimum absolute atomic E-state index is 0.00265. The third kappa shape index (κ3) is 5.81. The van der Waals surface area contributed by atoms with Gasteiger partial charge in [-0.05, 0) is 0 Å². The molecule has 0 radical (unpaired) electrons. The molecule has 2 nitrogen and oxygen atoms in total. The topological polar surface area (TPSA) is 26.3 Å². The van der Waals surface area contributed by atoms with Crippen molar-refractivity contribution >= 4 is 25.4 Å². The molecule has 2 unspecified atom stereocenters. The average Bonchev–Trinajstić information content (AvgIpc) is 2.62. The number of hydrogen-bond donors (Lipinski definition) is 0. The standard InChI is InChI=1S/C21H26O2Se/c1-3-11-19(23-21(22)17-13-7-5-8-14-17)20(12-4-2)24-18-15-9-6-10-16-18/h5-10,13-16,19-20H,3-4,11-12H2,1-2H3. The molecule has 2 aromatic rings. The van der Waals surface area contributed by atoms with E-state index >= 15 is 0 Å². The SMILES string of the molecule is CCCC(OC(=O)c1ccccc1)C(CCC)[Se]c1ccccc1. The van der Waals surface area contributed by atoms with Gasteiger partial charge in [-0.2, -0.15) is 0 Å². The Bertz CT molecular complexity index is 598. The van der Waals surface area contributed by atoms with E-state index in [9.17, 15) is 4.79 Å². The molecule has 0 aliphatic carbocycles. The first-order valence-corrected chi connectivity index (χ1v) is 10.6. The van der Waals surface area contributed by atoms with Crippen LogP contribution in [0.3, 0.4) is 0 Å². The second kappa shape index (κ2) is 10.3. The number of esters is 1. The van der Waals surface area contributed by atoms with Gasteiger partial charge in [0.2, 0.25) is 0 Å². The molecule has 2 rings (SSSR count). The predicted octanol–water partition coefficient (Wildman–Crippen LogP) is 4.63. The average molecular weight is 389 g/mol. The van der Waals surface area contributed by atoms with E-state index in [0.29, 0.717) is 25.3 Å². The summed E-state index contributed by atoms with van der Waals surface area (Å²) in [5.74, 6) is -0.195. The van der Waals surface area contributed by atoms with Crippen LogP contribution in [0.5, 0.6) is 0 Å². The molecule has 0 N–H and O–H groups in total. The fourth-order valence-electron chi connectivity index (χ4n) is 2.66. The number of ether oxygens (including phenoxy) is 1. The van der Waals surface area contributed by atoms with Gasteiger partial charge in [0.15, 0.2) is 0 Å². The Morgan fingerprint density at radius 3 is 2.08 bits per heavy atom. The van der Waals surface area contributed by atoms with Gasteiger partial charge in [0.1, 0.15) is 0 Å². The van der Waals surface area contributed by atoms with Crippen molar-refractivity contribution in [2.24, 2.45) is 0 Å². The first-order valence-electron chi connectivity index (χ1n) is 8.72. The van der Waals surface area contributed by atoms with Crippen LogP contribution < -0.4 is 4.46 Å². The van der Waals surface area contributed by atoms with Crippen molar-refractivity contribution in [3.05, 3.63) is 66.2 Å². The quantitative estimate of drug-likeness (QED) is 0.462. The Morgan fingerprint density at radius 2 is 1.50 bits per heavy atom. The van der Waals surface area contributed by atoms with Gasteiger partial charge in [-0.3, -0.25) is 0 Å². The summed E-state index contributed by atoms with van der Waals surface area (Å²) in [4.78, 5) is 12.9. The Kier molecular flexibility index (Phi) is 8.07. The van der Waals surface area contributed by atoms with Crippen molar-refractivity contribution in [2.75, 3.05) is 0 Å². The summed E-state index contributed by atoms with van der Waals surface area (Å²) in [6, 6.07) is 19.9.